The molecule has 0 saturated carbocycles. The Hall–Kier alpha value is -1.17. The molecule has 1 amide bonds. The number of amides is 1. The van der Waals surface area contributed by atoms with Gasteiger partial charge in [-0.1, -0.05) is 11.6 Å². The van der Waals surface area contributed by atoms with Gasteiger partial charge in [-0.25, -0.2) is 4.39 Å². The summed E-state index contributed by atoms with van der Waals surface area (Å²) in [6.45, 7) is 5.96. The highest BCUT2D eigenvalue weighted by molar-refractivity contribution is 6.33. The number of ether oxygens (including phenoxy) is 1. The van der Waals surface area contributed by atoms with Crippen molar-refractivity contribution >= 4 is 23.2 Å². The van der Waals surface area contributed by atoms with Gasteiger partial charge < -0.3 is 15.0 Å². The Morgan fingerprint density at radius 2 is 2.10 bits per heavy atom. The van der Waals surface area contributed by atoms with Crippen molar-refractivity contribution < 1.29 is 18.8 Å². The van der Waals surface area contributed by atoms with E-state index in [1.165, 1.54) is 23.1 Å². The second kappa shape index (κ2) is 6.52. The summed E-state index contributed by atoms with van der Waals surface area (Å²) in [5, 5.41) is 2.92. The summed E-state index contributed by atoms with van der Waals surface area (Å²) in [7, 11) is 0. The zero-order chi connectivity index (χ0) is 14.7. The number of nitrogens with one attached hydrogen (secondary N) is 2. The van der Waals surface area contributed by atoms with Crippen molar-refractivity contribution in [2.45, 2.75) is 26.1 Å². The summed E-state index contributed by atoms with van der Waals surface area (Å²) in [6, 6.07) is 3.92. The van der Waals surface area contributed by atoms with Gasteiger partial charge in [-0.2, -0.15) is 0 Å². The molecule has 0 aromatic heterocycles. The highest BCUT2D eigenvalue weighted by Crippen LogP contribution is 2.21. The second-order valence-corrected chi connectivity index (χ2v) is 5.67. The lowest BCUT2D eigenvalue weighted by atomic mass is 10.2. The average Bonchev–Trinajstić information content (AvgIpc) is 2.31. The lowest BCUT2D eigenvalue weighted by Gasteiger charge is -2.31. The molecule has 1 aromatic rings. The lowest BCUT2D eigenvalue weighted by Crippen LogP contribution is -3.16. The van der Waals surface area contributed by atoms with Crippen LogP contribution in [0.25, 0.3) is 0 Å². The monoisotopic (exact) mass is 301 g/mol. The summed E-state index contributed by atoms with van der Waals surface area (Å²) in [5.74, 6) is -0.552. The first kappa shape index (κ1) is 15.2. The Bertz CT molecular complexity index is 488. The predicted molar refractivity (Wildman–Crippen MR) is 75.6 cm³/mol. The smallest absolute Gasteiger partial charge is 0.279 e. The molecule has 20 heavy (non-hydrogen) atoms. The second-order valence-electron chi connectivity index (χ2n) is 5.26. The summed E-state index contributed by atoms with van der Waals surface area (Å²) in [6.07, 6.45) is 0.298. The summed E-state index contributed by atoms with van der Waals surface area (Å²) in [5.41, 5.74) is 0.437. The summed E-state index contributed by atoms with van der Waals surface area (Å²) < 4.78 is 18.6. The molecule has 1 heterocycles. The highest BCUT2D eigenvalue weighted by Gasteiger charge is 2.27. The van der Waals surface area contributed by atoms with Gasteiger partial charge in [0.1, 0.15) is 31.1 Å². The zero-order valence-electron chi connectivity index (χ0n) is 11.6. The number of rotatable bonds is 3. The number of halogens is 2. The third-order valence-corrected chi connectivity index (χ3v) is 3.55. The molecule has 6 heteroatoms. The number of quaternary nitrogens is 1. The van der Waals surface area contributed by atoms with Crippen LogP contribution in [0.4, 0.5) is 10.1 Å². The number of carbonyl (C=O) groups excluding carboxylic acids is 1. The van der Waals surface area contributed by atoms with Crippen LogP contribution < -0.4 is 10.2 Å². The van der Waals surface area contributed by atoms with Crippen LogP contribution in [0.15, 0.2) is 18.2 Å². The molecule has 1 aromatic carbocycles. The molecule has 1 aliphatic heterocycles. The van der Waals surface area contributed by atoms with Gasteiger partial charge in [0.15, 0.2) is 6.54 Å². The molecule has 1 saturated heterocycles. The van der Waals surface area contributed by atoms with E-state index in [2.05, 4.69) is 5.32 Å². The van der Waals surface area contributed by atoms with Crippen LogP contribution in [-0.2, 0) is 9.53 Å². The van der Waals surface area contributed by atoms with Crippen LogP contribution in [0.1, 0.15) is 13.8 Å². The standard InChI is InChI=1S/C14H18ClFN2O2/c1-9-6-18(7-10(2)20-9)8-14(19)17-13-4-3-11(16)5-12(13)15/h3-5,9-10H,6-8H2,1-2H3,(H,17,19)/p+1/t9-,10-/m0/s1. The molecule has 0 aliphatic carbocycles. The number of morpholine rings is 1. The fraction of sp³-hybridized carbons (Fsp3) is 0.500. The van der Waals surface area contributed by atoms with Gasteiger partial charge in [-0.15, -0.1) is 0 Å². The Kier molecular flexibility index (Phi) is 4.96. The molecular formula is C14H19ClFN2O2+. The molecule has 4 nitrogen and oxygen atoms in total. The third-order valence-electron chi connectivity index (χ3n) is 3.23. The normalized spacial score (nSPS) is 26.3. The van der Waals surface area contributed by atoms with Gasteiger partial charge in [-0.05, 0) is 32.0 Å². The van der Waals surface area contributed by atoms with Gasteiger partial charge in [0.2, 0.25) is 0 Å². The van der Waals surface area contributed by atoms with Gasteiger partial charge in [0.25, 0.3) is 5.91 Å². The van der Waals surface area contributed by atoms with Crippen LogP contribution in [0.2, 0.25) is 5.02 Å². The summed E-state index contributed by atoms with van der Waals surface area (Å²) >= 11 is 5.88. The maximum absolute atomic E-state index is 12.9. The molecule has 0 unspecified atom stereocenters. The number of hydrogen-bond acceptors (Lipinski definition) is 2. The Morgan fingerprint density at radius 3 is 2.70 bits per heavy atom. The Morgan fingerprint density at radius 1 is 1.45 bits per heavy atom. The molecule has 1 aliphatic rings. The minimum Gasteiger partial charge on any atom is -0.364 e. The van der Waals surface area contributed by atoms with E-state index in [1.54, 1.807) is 0 Å². The first-order chi connectivity index (χ1) is 9.44. The largest absolute Gasteiger partial charge is 0.364 e. The van der Waals surface area contributed by atoms with Crippen LogP contribution in [0, 0.1) is 5.82 Å². The van der Waals surface area contributed by atoms with E-state index in [1.807, 2.05) is 13.8 Å². The van der Waals surface area contributed by atoms with E-state index < -0.39 is 5.82 Å². The van der Waals surface area contributed by atoms with E-state index in [-0.39, 0.29) is 23.1 Å². The van der Waals surface area contributed by atoms with E-state index in [4.69, 9.17) is 16.3 Å². The number of hydrogen-bond donors (Lipinski definition) is 2. The molecule has 0 spiro atoms. The van der Waals surface area contributed by atoms with Crippen LogP contribution >= 0.6 is 11.6 Å². The molecular weight excluding hydrogens is 283 g/mol. The van der Waals surface area contributed by atoms with E-state index in [9.17, 15) is 9.18 Å². The van der Waals surface area contributed by atoms with Gasteiger partial charge in [-0.3, -0.25) is 4.79 Å². The molecule has 2 N–H and O–H groups in total. The molecule has 0 bridgehead atoms. The van der Waals surface area contributed by atoms with Crippen LogP contribution in [-0.4, -0.2) is 37.7 Å². The van der Waals surface area contributed by atoms with Gasteiger partial charge in [0, 0.05) is 0 Å². The third kappa shape index (κ3) is 4.16. The van der Waals surface area contributed by atoms with Crippen molar-refractivity contribution in [3.63, 3.8) is 0 Å². The Balaban J connectivity index is 1.92. The maximum Gasteiger partial charge on any atom is 0.279 e. The molecule has 2 rings (SSSR count). The highest BCUT2D eigenvalue weighted by atomic mass is 35.5. The summed E-state index contributed by atoms with van der Waals surface area (Å²) in [4.78, 5) is 13.2. The van der Waals surface area contributed by atoms with Crippen LogP contribution in [0.3, 0.4) is 0 Å². The van der Waals surface area contributed by atoms with Crippen molar-refractivity contribution in [1.82, 2.24) is 0 Å². The van der Waals surface area contributed by atoms with E-state index >= 15 is 0 Å². The SMILES string of the molecule is C[C@H]1C[NH+](CC(=O)Nc2ccc(F)cc2Cl)C[C@H](C)O1. The fourth-order valence-corrected chi connectivity index (χ4v) is 2.76. The maximum atomic E-state index is 12.9. The van der Waals surface area contributed by atoms with Crippen molar-refractivity contribution in [3.05, 3.63) is 29.0 Å². The lowest BCUT2D eigenvalue weighted by molar-refractivity contribution is -0.907. The van der Waals surface area contributed by atoms with Crippen molar-refractivity contribution in [1.29, 1.82) is 0 Å². The van der Waals surface area contributed by atoms with E-state index in [0.717, 1.165) is 13.1 Å². The predicted octanol–water partition coefficient (Wildman–Crippen LogP) is 1.11. The quantitative estimate of drug-likeness (QED) is 0.878. The molecule has 2 atom stereocenters. The van der Waals surface area contributed by atoms with Gasteiger partial charge in [0.05, 0.1) is 10.7 Å². The zero-order valence-corrected chi connectivity index (χ0v) is 12.3. The average molecular weight is 302 g/mol. The minimum absolute atomic E-state index is 0.130. The first-order valence-corrected chi connectivity index (χ1v) is 7.05. The Labute approximate surface area is 122 Å². The topological polar surface area (TPSA) is 42.8 Å². The minimum atomic E-state index is -0.422. The molecule has 110 valence electrons. The number of carbonyl (C=O) groups is 1. The molecule has 0 radical (unpaired) electrons. The molecule has 1 fully saturated rings. The first-order valence-electron chi connectivity index (χ1n) is 6.68. The van der Waals surface area contributed by atoms with Gasteiger partial charge >= 0.3 is 0 Å². The number of benzene rings is 1. The van der Waals surface area contributed by atoms with Crippen LogP contribution in [0.5, 0.6) is 0 Å². The fourth-order valence-electron chi connectivity index (χ4n) is 2.55. The van der Waals surface area contributed by atoms with Crippen molar-refractivity contribution in [2.75, 3.05) is 25.0 Å². The van der Waals surface area contributed by atoms with Crippen molar-refractivity contribution in [2.24, 2.45) is 0 Å². The number of anilines is 1. The van der Waals surface area contributed by atoms with Crippen molar-refractivity contribution in [3.8, 4) is 0 Å². The van der Waals surface area contributed by atoms with E-state index in [0.29, 0.717) is 12.2 Å².